The summed E-state index contributed by atoms with van der Waals surface area (Å²) in [6.45, 7) is 4.66. The SMILES string of the molecule is O=C(N[C@@H](c1ccccc1)c1cccc(OCc2ccc(C(=O)N(CCCNC[C@H](O)c3ccc(O)c4[nH]c(=O)ccc34)C3CCCC3)cc2)c1)O[C@H]1CN2CCC1C2. The van der Waals surface area contributed by atoms with E-state index in [1.165, 1.54) is 12.1 Å². The molecule has 12 heteroatoms. The van der Waals surface area contributed by atoms with Crippen LogP contribution in [0.2, 0.25) is 0 Å². The lowest BCUT2D eigenvalue weighted by atomic mass is 9.98. The molecule has 1 aromatic heterocycles. The van der Waals surface area contributed by atoms with E-state index in [0.717, 1.165) is 68.4 Å². The summed E-state index contributed by atoms with van der Waals surface area (Å²) in [5.41, 5.74) is 3.97. The predicted molar refractivity (Wildman–Crippen MR) is 225 cm³/mol. The molecular formula is C47H53N5O7. The first-order chi connectivity index (χ1) is 28.8. The number of hydrogen-bond donors (Lipinski definition) is 5. The molecule has 5 aromatic rings. The Bertz CT molecular complexity index is 2280. The van der Waals surface area contributed by atoms with Crippen molar-refractivity contribution in [2.45, 2.75) is 69.4 Å². The van der Waals surface area contributed by atoms with Crippen molar-refractivity contribution in [3.05, 3.63) is 141 Å². The number of aliphatic hydroxyl groups is 1. The largest absolute Gasteiger partial charge is 0.506 e. The highest BCUT2D eigenvalue weighted by Crippen LogP contribution is 2.32. The molecule has 4 aromatic carbocycles. The number of amides is 2. The molecule has 1 aliphatic carbocycles. The summed E-state index contributed by atoms with van der Waals surface area (Å²) < 4.78 is 12.2. The van der Waals surface area contributed by atoms with Crippen LogP contribution in [0.1, 0.15) is 83.3 Å². The van der Waals surface area contributed by atoms with E-state index in [-0.39, 0.29) is 35.9 Å². The molecule has 2 amide bonds. The molecule has 3 fully saturated rings. The summed E-state index contributed by atoms with van der Waals surface area (Å²) in [4.78, 5) is 45.9. The Morgan fingerprint density at radius 3 is 2.46 bits per heavy atom. The smallest absolute Gasteiger partial charge is 0.408 e. The molecule has 5 atom stereocenters. The molecule has 1 saturated carbocycles. The van der Waals surface area contributed by atoms with Crippen molar-refractivity contribution < 1.29 is 29.3 Å². The van der Waals surface area contributed by atoms with E-state index in [1.807, 2.05) is 83.8 Å². The molecule has 2 bridgehead atoms. The summed E-state index contributed by atoms with van der Waals surface area (Å²) in [6, 6.07) is 31.1. The first kappa shape index (κ1) is 40.1. The van der Waals surface area contributed by atoms with Crippen molar-refractivity contribution in [2.24, 2.45) is 5.92 Å². The van der Waals surface area contributed by atoms with Crippen molar-refractivity contribution in [1.82, 2.24) is 25.4 Å². The number of pyridine rings is 1. The average Bonchev–Trinajstić information content (AvgIpc) is 4.05. The van der Waals surface area contributed by atoms with E-state index in [1.54, 1.807) is 12.1 Å². The fourth-order valence-corrected chi connectivity index (χ4v) is 8.96. The number of H-pyrrole nitrogens is 1. The topological polar surface area (TPSA) is 156 Å². The van der Waals surface area contributed by atoms with Gasteiger partial charge in [-0.3, -0.25) is 14.5 Å². The maximum absolute atomic E-state index is 13.9. The second-order valence-electron chi connectivity index (χ2n) is 16.1. The van der Waals surface area contributed by atoms with Gasteiger partial charge in [0.05, 0.1) is 17.7 Å². The highest BCUT2D eigenvalue weighted by atomic mass is 16.6. The summed E-state index contributed by atoms with van der Waals surface area (Å²) >= 11 is 0. The van der Waals surface area contributed by atoms with Crippen LogP contribution >= 0.6 is 0 Å². The van der Waals surface area contributed by atoms with Crippen molar-refractivity contribution in [3.63, 3.8) is 0 Å². The van der Waals surface area contributed by atoms with Gasteiger partial charge in [-0.2, -0.15) is 0 Å². The molecule has 5 N–H and O–H groups in total. The van der Waals surface area contributed by atoms with Crippen LogP contribution < -0.4 is 20.9 Å². The minimum absolute atomic E-state index is 0.0117. The summed E-state index contributed by atoms with van der Waals surface area (Å²) in [5, 5.41) is 28.2. The first-order valence-electron chi connectivity index (χ1n) is 20.9. The predicted octanol–water partition coefficient (Wildman–Crippen LogP) is 6.43. The Hall–Kier alpha value is -5.69. The number of aromatic hydroxyl groups is 1. The van der Waals surface area contributed by atoms with Gasteiger partial charge < -0.3 is 40.2 Å². The number of fused-ring (bicyclic) bond motifs is 3. The number of ether oxygens (including phenoxy) is 2. The fraction of sp³-hybridized carbons (Fsp3) is 0.383. The summed E-state index contributed by atoms with van der Waals surface area (Å²) in [5.74, 6) is 1.04. The van der Waals surface area contributed by atoms with Crippen LogP contribution in [0, 0.1) is 5.92 Å². The van der Waals surface area contributed by atoms with Crippen LogP contribution in [0.5, 0.6) is 11.5 Å². The fourth-order valence-electron chi connectivity index (χ4n) is 8.96. The molecule has 0 spiro atoms. The van der Waals surface area contributed by atoms with E-state index < -0.39 is 18.2 Å². The molecule has 308 valence electrons. The number of piperidine rings is 1. The number of alkyl carbamates (subject to hydrolysis) is 1. The van der Waals surface area contributed by atoms with E-state index in [2.05, 4.69) is 20.5 Å². The molecule has 2 saturated heterocycles. The lowest BCUT2D eigenvalue weighted by molar-refractivity contribution is 0.0668. The van der Waals surface area contributed by atoms with E-state index in [9.17, 15) is 24.6 Å². The number of hydrogen-bond acceptors (Lipinski definition) is 9. The minimum Gasteiger partial charge on any atom is -0.506 e. The highest BCUT2D eigenvalue weighted by Gasteiger charge is 2.40. The number of carbonyl (C=O) groups is 2. The van der Waals surface area contributed by atoms with Crippen LogP contribution in [-0.4, -0.2) is 88.4 Å². The van der Waals surface area contributed by atoms with Gasteiger partial charge in [0.2, 0.25) is 5.56 Å². The van der Waals surface area contributed by atoms with Gasteiger partial charge in [-0.05, 0) is 97.4 Å². The standard InChI is InChI=1S/C47H53N5O7/c53-40-20-18-38(39-19-21-43(55)49-45(39)40)41(54)27-48-23-7-24-52(36-11-4-5-12-36)46(56)33-16-14-31(15-17-33)30-58-37-13-6-10-34(26-37)44(32-8-2-1-3-9-32)50-47(57)59-42-29-51-25-22-35(42)28-51/h1-3,6,8-10,13-21,26,35-36,41-42,44,48,53-54H,4-5,7,11-12,22-25,27-30H2,(H,49,55)(H,50,57)/t35?,41-,42-,44-/m0/s1. The molecule has 3 aliphatic rings. The number of rotatable bonds is 16. The van der Waals surface area contributed by atoms with Gasteiger partial charge in [-0.1, -0.05) is 73.5 Å². The Balaban J connectivity index is 0.852. The van der Waals surface area contributed by atoms with E-state index in [0.29, 0.717) is 59.8 Å². The molecule has 0 radical (unpaired) electrons. The van der Waals surface area contributed by atoms with E-state index >= 15 is 0 Å². The van der Waals surface area contributed by atoms with Crippen LogP contribution in [-0.2, 0) is 11.3 Å². The maximum atomic E-state index is 13.9. The number of aliphatic hydroxyl groups excluding tert-OH is 1. The number of phenolic OH excluding ortho intramolecular Hbond substituents is 1. The monoisotopic (exact) mass is 799 g/mol. The van der Waals surface area contributed by atoms with Crippen molar-refractivity contribution in [2.75, 3.05) is 39.3 Å². The van der Waals surface area contributed by atoms with Gasteiger partial charge in [0, 0.05) is 55.2 Å². The Labute approximate surface area is 344 Å². The van der Waals surface area contributed by atoms with Gasteiger partial charge in [0.15, 0.2) is 0 Å². The Morgan fingerprint density at radius 1 is 0.898 bits per heavy atom. The van der Waals surface area contributed by atoms with Crippen LogP contribution in [0.25, 0.3) is 10.9 Å². The average molecular weight is 800 g/mol. The zero-order valence-corrected chi connectivity index (χ0v) is 33.2. The van der Waals surface area contributed by atoms with Crippen molar-refractivity contribution in [3.8, 4) is 11.5 Å². The van der Waals surface area contributed by atoms with Gasteiger partial charge in [0.1, 0.15) is 24.2 Å². The number of aromatic nitrogens is 1. The minimum atomic E-state index is -0.850. The maximum Gasteiger partial charge on any atom is 0.408 e. The van der Waals surface area contributed by atoms with Crippen molar-refractivity contribution >= 4 is 22.9 Å². The van der Waals surface area contributed by atoms with Crippen LogP contribution in [0.4, 0.5) is 4.79 Å². The van der Waals surface area contributed by atoms with Crippen LogP contribution in [0.15, 0.2) is 108 Å². The molecule has 2 unspecified atom stereocenters. The number of aromatic amines is 1. The number of nitrogens with one attached hydrogen (secondary N) is 3. The Kier molecular flexibility index (Phi) is 12.6. The van der Waals surface area contributed by atoms with Gasteiger partial charge >= 0.3 is 6.09 Å². The highest BCUT2D eigenvalue weighted by molar-refractivity contribution is 5.94. The first-order valence-corrected chi connectivity index (χ1v) is 20.9. The normalized spacial score (nSPS) is 19.7. The lowest BCUT2D eigenvalue weighted by Crippen LogP contribution is -2.40. The molecule has 12 nitrogen and oxygen atoms in total. The van der Waals surface area contributed by atoms with Gasteiger partial charge in [0.25, 0.3) is 5.91 Å². The number of nitrogens with zero attached hydrogens (tertiary/aromatic N) is 2. The quantitative estimate of drug-likeness (QED) is 0.0711. The zero-order chi connectivity index (χ0) is 40.7. The second kappa shape index (κ2) is 18.5. The number of carbonyl (C=O) groups excluding carboxylic acids is 2. The second-order valence-corrected chi connectivity index (χ2v) is 16.1. The molecule has 3 heterocycles. The lowest BCUT2D eigenvalue weighted by Gasteiger charge is -2.29. The molecule has 8 rings (SSSR count). The van der Waals surface area contributed by atoms with Gasteiger partial charge in [-0.25, -0.2) is 4.79 Å². The molecule has 59 heavy (non-hydrogen) atoms. The van der Waals surface area contributed by atoms with E-state index in [4.69, 9.17) is 9.47 Å². The third-order valence-corrected chi connectivity index (χ3v) is 12.1. The van der Waals surface area contributed by atoms with Crippen LogP contribution in [0.3, 0.4) is 0 Å². The third kappa shape index (κ3) is 9.62. The molecular weight excluding hydrogens is 747 g/mol. The third-order valence-electron chi connectivity index (χ3n) is 12.1. The zero-order valence-electron chi connectivity index (χ0n) is 33.2. The number of phenols is 1. The van der Waals surface area contributed by atoms with Gasteiger partial charge in [-0.15, -0.1) is 0 Å². The van der Waals surface area contributed by atoms with Crippen molar-refractivity contribution in [1.29, 1.82) is 0 Å². The number of benzene rings is 4. The summed E-state index contributed by atoms with van der Waals surface area (Å²) in [7, 11) is 0. The Morgan fingerprint density at radius 2 is 1.69 bits per heavy atom. The molecule has 2 aliphatic heterocycles. The summed E-state index contributed by atoms with van der Waals surface area (Å²) in [6.07, 6.45) is 4.62.